The molecule has 0 spiro atoms. The van der Waals surface area contributed by atoms with Crippen LogP contribution in [0.2, 0.25) is 5.02 Å². The molecule has 1 aliphatic carbocycles. The minimum Gasteiger partial charge on any atom is -0.471 e. The zero-order chi connectivity index (χ0) is 15.4. The topological polar surface area (TPSA) is 47.6 Å². The molecule has 0 saturated heterocycles. The number of rotatable bonds is 5. The molecular formula is C15H18ClNO3S. The van der Waals surface area contributed by atoms with Crippen molar-refractivity contribution in [3.05, 3.63) is 28.8 Å². The second kappa shape index (κ2) is 7.09. The summed E-state index contributed by atoms with van der Waals surface area (Å²) >= 11 is 11.1. The maximum absolute atomic E-state index is 11.9. The van der Waals surface area contributed by atoms with E-state index < -0.39 is 5.97 Å². The molecule has 1 aromatic carbocycles. The zero-order valence-corrected chi connectivity index (χ0v) is 13.6. The van der Waals surface area contributed by atoms with Gasteiger partial charge in [-0.2, -0.15) is 0 Å². The predicted molar refractivity (Wildman–Crippen MR) is 86.9 cm³/mol. The number of ether oxygens (including phenoxy) is 2. The van der Waals surface area contributed by atoms with Crippen molar-refractivity contribution in [1.29, 1.82) is 0 Å². The van der Waals surface area contributed by atoms with Crippen molar-refractivity contribution in [2.45, 2.75) is 32.8 Å². The normalized spacial score (nSPS) is 13.9. The van der Waals surface area contributed by atoms with Gasteiger partial charge in [0, 0.05) is 5.69 Å². The molecule has 1 saturated carbocycles. The molecule has 1 aromatic rings. The molecule has 0 unspecified atom stereocenters. The number of hydrogen-bond acceptors (Lipinski definition) is 4. The fourth-order valence-corrected chi connectivity index (χ4v) is 2.05. The van der Waals surface area contributed by atoms with E-state index >= 15 is 0 Å². The highest BCUT2D eigenvalue weighted by atomic mass is 35.5. The second-order valence-corrected chi connectivity index (χ2v) is 6.09. The fraction of sp³-hybridized carbons (Fsp3) is 0.467. The largest absolute Gasteiger partial charge is 0.471 e. The minimum absolute atomic E-state index is 0.201. The van der Waals surface area contributed by atoms with Gasteiger partial charge in [0.05, 0.1) is 23.3 Å². The quantitative estimate of drug-likeness (QED) is 0.653. The van der Waals surface area contributed by atoms with Crippen molar-refractivity contribution >= 4 is 40.7 Å². The number of thiocarbonyl (C=S) groups is 1. The van der Waals surface area contributed by atoms with E-state index in [0.717, 1.165) is 0 Å². The third-order valence-electron chi connectivity index (χ3n) is 2.92. The van der Waals surface area contributed by atoms with Crippen LogP contribution in [-0.2, 0) is 9.47 Å². The lowest BCUT2D eigenvalue weighted by Gasteiger charge is -2.12. The van der Waals surface area contributed by atoms with Crippen molar-refractivity contribution in [2.24, 2.45) is 5.92 Å². The van der Waals surface area contributed by atoms with Crippen LogP contribution in [0.25, 0.3) is 0 Å². The summed E-state index contributed by atoms with van der Waals surface area (Å²) in [6.45, 7) is 4.21. The predicted octanol–water partition coefficient (Wildman–Crippen LogP) is 4.03. The molecule has 0 radical (unpaired) electrons. The van der Waals surface area contributed by atoms with Gasteiger partial charge in [0.1, 0.15) is 0 Å². The number of hydrogen-bond donors (Lipinski definition) is 1. The number of carbonyl (C=O) groups excluding carboxylic acids is 1. The molecule has 114 valence electrons. The van der Waals surface area contributed by atoms with Crippen LogP contribution >= 0.6 is 23.8 Å². The van der Waals surface area contributed by atoms with Gasteiger partial charge in [-0.15, -0.1) is 0 Å². The number of halogens is 1. The Morgan fingerprint density at radius 1 is 1.48 bits per heavy atom. The Hall–Kier alpha value is -1.33. The van der Waals surface area contributed by atoms with Gasteiger partial charge in [0.25, 0.3) is 5.17 Å². The molecule has 1 fully saturated rings. The number of carbonyl (C=O) groups is 1. The molecule has 1 N–H and O–H groups in total. The highest BCUT2D eigenvalue weighted by molar-refractivity contribution is 7.80. The van der Waals surface area contributed by atoms with Crippen molar-refractivity contribution in [2.75, 3.05) is 11.9 Å². The third kappa shape index (κ3) is 5.17. The van der Waals surface area contributed by atoms with Crippen LogP contribution in [-0.4, -0.2) is 23.9 Å². The van der Waals surface area contributed by atoms with Crippen molar-refractivity contribution < 1.29 is 14.3 Å². The Balaban J connectivity index is 1.99. The van der Waals surface area contributed by atoms with Gasteiger partial charge in [0.15, 0.2) is 0 Å². The number of nitrogens with one attached hydrogen (secondary N) is 1. The maximum atomic E-state index is 11.9. The summed E-state index contributed by atoms with van der Waals surface area (Å²) in [5, 5.41) is 3.59. The number of benzene rings is 1. The number of anilines is 1. The van der Waals surface area contributed by atoms with Crippen molar-refractivity contribution in [1.82, 2.24) is 0 Å². The molecular weight excluding hydrogens is 310 g/mol. The minimum atomic E-state index is -0.455. The molecule has 0 heterocycles. The Kier molecular flexibility index (Phi) is 5.42. The van der Waals surface area contributed by atoms with Gasteiger partial charge in [-0.25, -0.2) is 4.79 Å². The van der Waals surface area contributed by atoms with Crippen LogP contribution in [0.5, 0.6) is 0 Å². The lowest BCUT2D eigenvalue weighted by molar-refractivity contribution is 0.0378. The van der Waals surface area contributed by atoms with E-state index in [2.05, 4.69) is 5.32 Å². The van der Waals surface area contributed by atoms with E-state index in [4.69, 9.17) is 33.3 Å². The van der Waals surface area contributed by atoms with Crippen LogP contribution in [0.3, 0.4) is 0 Å². The van der Waals surface area contributed by atoms with Gasteiger partial charge in [0.2, 0.25) is 0 Å². The van der Waals surface area contributed by atoms with Gasteiger partial charge in [-0.1, -0.05) is 11.6 Å². The highest BCUT2D eigenvalue weighted by Crippen LogP contribution is 2.29. The second-order valence-electron chi connectivity index (χ2n) is 5.32. The summed E-state index contributed by atoms with van der Waals surface area (Å²) in [5.74, 6) is 0.176. The average Bonchev–Trinajstić information content (AvgIpc) is 3.22. The first-order valence-electron chi connectivity index (χ1n) is 6.90. The molecule has 0 bridgehead atoms. The van der Waals surface area contributed by atoms with Crippen molar-refractivity contribution in [3.8, 4) is 0 Å². The lowest BCUT2D eigenvalue weighted by atomic mass is 10.2. The average molecular weight is 328 g/mol. The van der Waals surface area contributed by atoms with E-state index in [-0.39, 0.29) is 6.10 Å². The maximum Gasteiger partial charge on any atom is 0.339 e. The molecule has 21 heavy (non-hydrogen) atoms. The Morgan fingerprint density at radius 2 is 2.19 bits per heavy atom. The van der Waals surface area contributed by atoms with Gasteiger partial charge in [-0.3, -0.25) is 0 Å². The fourth-order valence-electron chi connectivity index (χ4n) is 1.67. The van der Waals surface area contributed by atoms with Crippen LogP contribution in [0.15, 0.2) is 18.2 Å². The summed E-state index contributed by atoms with van der Waals surface area (Å²) in [6.07, 6.45) is 2.21. The molecule has 6 heteroatoms. The summed E-state index contributed by atoms with van der Waals surface area (Å²) in [7, 11) is 0. The standard InChI is InChI=1S/C15H18ClNO3S/c1-9(2)20-14(18)12-7-11(5-6-13(12)16)17-15(21)19-8-10-3-4-10/h5-7,9-10H,3-4,8H2,1-2H3,(H,17,21). The van der Waals surface area contributed by atoms with Gasteiger partial charge < -0.3 is 14.8 Å². The summed E-state index contributed by atoms with van der Waals surface area (Å²) < 4.78 is 10.6. The lowest BCUT2D eigenvalue weighted by Crippen LogP contribution is -2.16. The summed E-state index contributed by atoms with van der Waals surface area (Å²) in [5.41, 5.74) is 0.955. The van der Waals surface area contributed by atoms with Crippen LogP contribution < -0.4 is 5.32 Å². The first kappa shape index (κ1) is 16.0. The monoisotopic (exact) mass is 327 g/mol. The van der Waals surface area contributed by atoms with E-state index in [1.54, 1.807) is 32.0 Å². The van der Waals surface area contributed by atoms with E-state index in [1.807, 2.05) is 0 Å². The smallest absolute Gasteiger partial charge is 0.339 e. The van der Waals surface area contributed by atoms with E-state index in [0.29, 0.717) is 34.0 Å². The molecule has 0 aromatic heterocycles. The van der Waals surface area contributed by atoms with E-state index in [9.17, 15) is 4.79 Å². The first-order chi connectivity index (χ1) is 9.95. The number of esters is 1. The van der Waals surface area contributed by atoms with E-state index in [1.165, 1.54) is 12.8 Å². The highest BCUT2D eigenvalue weighted by Gasteiger charge is 2.22. The third-order valence-corrected chi connectivity index (χ3v) is 3.47. The molecule has 0 atom stereocenters. The Morgan fingerprint density at radius 3 is 2.81 bits per heavy atom. The Labute approximate surface area is 134 Å². The molecule has 4 nitrogen and oxygen atoms in total. The SMILES string of the molecule is CC(C)OC(=O)c1cc(NC(=S)OCC2CC2)ccc1Cl. The molecule has 0 amide bonds. The van der Waals surface area contributed by atoms with Crippen LogP contribution in [0.1, 0.15) is 37.0 Å². The molecule has 1 aliphatic rings. The summed E-state index contributed by atoms with van der Waals surface area (Å²) in [4.78, 5) is 11.9. The van der Waals surface area contributed by atoms with Crippen LogP contribution in [0.4, 0.5) is 5.69 Å². The van der Waals surface area contributed by atoms with Gasteiger partial charge >= 0.3 is 5.97 Å². The molecule has 0 aliphatic heterocycles. The summed E-state index contributed by atoms with van der Waals surface area (Å²) in [6, 6.07) is 4.98. The first-order valence-corrected chi connectivity index (χ1v) is 7.68. The van der Waals surface area contributed by atoms with Crippen LogP contribution in [0, 0.1) is 5.92 Å². The van der Waals surface area contributed by atoms with Gasteiger partial charge in [-0.05, 0) is 63.0 Å². The van der Waals surface area contributed by atoms with Crippen molar-refractivity contribution in [3.63, 3.8) is 0 Å². The Bertz CT molecular complexity index is 544. The zero-order valence-electron chi connectivity index (χ0n) is 12.0. The molecule has 2 rings (SSSR count).